The third-order valence-electron chi connectivity index (χ3n) is 4.53. The third-order valence-corrected chi connectivity index (χ3v) is 5.91. The molecule has 0 aliphatic carbocycles. The molecular formula is C19H18BrN5O3S. The number of benzene rings is 1. The Hall–Kier alpha value is -2.72. The molecule has 1 aromatic carbocycles. The van der Waals surface area contributed by atoms with Gasteiger partial charge in [0.1, 0.15) is 11.2 Å². The summed E-state index contributed by atoms with van der Waals surface area (Å²) < 4.78 is 5.37. The predicted molar refractivity (Wildman–Crippen MR) is 117 cm³/mol. The van der Waals surface area contributed by atoms with E-state index >= 15 is 0 Å². The molecule has 0 saturated carbocycles. The first-order valence-corrected chi connectivity index (χ1v) is 10.8. The van der Waals surface area contributed by atoms with Crippen molar-refractivity contribution in [1.82, 2.24) is 18.7 Å². The fraction of sp³-hybridized carbons (Fsp3) is 0.263. The third kappa shape index (κ3) is 3.65. The number of aromatic nitrogens is 4. The Bertz CT molecular complexity index is 1330. The second-order valence-corrected chi connectivity index (χ2v) is 8.41. The summed E-state index contributed by atoms with van der Waals surface area (Å²) in [6, 6.07) is 8.90. The summed E-state index contributed by atoms with van der Waals surface area (Å²) in [5, 5.41) is 8.85. The van der Waals surface area contributed by atoms with E-state index in [0.29, 0.717) is 22.4 Å². The van der Waals surface area contributed by atoms with Gasteiger partial charge in [-0.1, -0.05) is 35.3 Å². The Labute approximate surface area is 177 Å². The minimum atomic E-state index is -0.446. The number of aryl methyl sites for hydroxylation is 1. The number of hydrogen-bond acceptors (Lipinski definition) is 5. The van der Waals surface area contributed by atoms with Crippen LogP contribution in [0.25, 0.3) is 16.0 Å². The van der Waals surface area contributed by atoms with Crippen molar-refractivity contribution in [2.45, 2.75) is 32.9 Å². The molecule has 0 unspecified atom stereocenters. The van der Waals surface area contributed by atoms with E-state index in [0.717, 1.165) is 22.0 Å². The Morgan fingerprint density at radius 2 is 2.10 bits per heavy atom. The Morgan fingerprint density at radius 3 is 2.86 bits per heavy atom. The monoisotopic (exact) mass is 475 g/mol. The summed E-state index contributed by atoms with van der Waals surface area (Å²) in [5.41, 5.74) is 0.525. The fourth-order valence-electron chi connectivity index (χ4n) is 3.16. The molecule has 10 heteroatoms. The number of thiophene rings is 1. The van der Waals surface area contributed by atoms with Gasteiger partial charge in [0.15, 0.2) is 0 Å². The van der Waals surface area contributed by atoms with Crippen molar-refractivity contribution in [3.63, 3.8) is 0 Å². The zero-order chi connectivity index (χ0) is 20.5. The summed E-state index contributed by atoms with van der Waals surface area (Å²) in [4.78, 5) is 38.3. The first-order valence-electron chi connectivity index (χ1n) is 9.14. The van der Waals surface area contributed by atoms with Gasteiger partial charge in [-0.25, -0.2) is 13.9 Å². The van der Waals surface area contributed by atoms with E-state index in [9.17, 15) is 14.4 Å². The normalized spacial score (nSPS) is 11.4. The van der Waals surface area contributed by atoms with Crippen LogP contribution in [0.15, 0.2) is 49.8 Å². The molecule has 4 rings (SSSR count). The van der Waals surface area contributed by atoms with Crippen LogP contribution in [0.4, 0.5) is 5.69 Å². The van der Waals surface area contributed by atoms with Gasteiger partial charge < -0.3 is 5.32 Å². The highest BCUT2D eigenvalue weighted by molar-refractivity contribution is 9.10. The second kappa shape index (κ2) is 7.96. The van der Waals surface area contributed by atoms with Gasteiger partial charge in [-0.2, -0.15) is 0 Å². The van der Waals surface area contributed by atoms with Gasteiger partial charge in [0.2, 0.25) is 11.7 Å². The minimum Gasteiger partial charge on any atom is -0.324 e. The van der Waals surface area contributed by atoms with Crippen molar-refractivity contribution in [2.24, 2.45) is 0 Å². The highest BCUT2D eigenvalue weighted by Crippen LogP contribution is 2.18. The van der Waals surface area contributed by atoms with Crippen LogP contribution in [0, 0.1) is 0 Å². The number of hydrogen-bond donors (Lipinski definition) is 1. The maximum atomic E-state index is 13.0. The first-order chi connectivity index (χ1) is 14.0. The SMILES string of the molecule is CCCCn1c(=O)c2sccc2n2c(=O)n(CC(=O)Nc3cccc(Br)c3)nc12. The number of fused-ring (bicyclic) bond motifs is 3. The van der Waals surface area contributed by atoms with Crippen LogP contribution < -0.4 is 16.6 Å². The number of rotatable bonds is 6. The molecule has 150 valence electrons. The minimum absolute atomic E-state index is 0.160. The van der Waals surface area contributed by atoms with Crippen molar-refractivity contribution in [2.75, 3.05) is 5.32 Å². The zero-order valence-corrected chi connectivity index (χ0v) is 18.0. The molecule has 1 N–H and O–H groups in total. The number of carbonyl (C=O) groups is 1. The lowest BCUT2D eigenvalue weighted by atomic mass is 10.3. The Kier molecular flexibility index (Phi) is 5.37. The largest absolute Gasteiger partial charge is 0.352 e. The maximum absolute atomic E-state index is 13.0. The molecule has 4 aromatic rings. The van der Waals surface area contributed by atoms with E-state index in [1.165, 1.54) is 20.3 Å². The molecule has 0 aliphatic heterocycles. The van der Waals surface area contributed by atoms with Crippen molar-refractivity contribution >= 4 is 54.9 Å². The molecule has 8 nitrogen and oxygen atoms in total. The van der Waals surface area contributed by atoms with E-state index in [1.54, 1.807) is 29.6 Å². The molecule has 0 spiro atoms. The van der Waals surface area contributed by atoms with Crippen molar-refractivity contribution in [3.05, 3.63) is 61.0 Å². The van der Waals surface area contributed by atoms with Gasteiger partial charge in [0, 0.05) is 16.7 Å². The van der Waals surface area contributed by atoms with Crippen LogP contribution in [-0.4, -0.2) is 24.7 Å². The van der Waals surface area contributed by atoms with Crippen LogP contribution >= 0.6 is 27.3 Å². The second-order valence-electron chi connectivity index (χ2n) is 6.58. The summed E-state index contributed by atoms with van der Waals surface area (Å²) in [5.74, 6) is -0.118. The van der Waals surface area contributed by atoms with E-state index in [-0.39, 0.29) is 23.8 Å². The van der Waals surface area contributed by atoms with E-state index in [4.69, 9.17) is 0 Å². The number of nitrogens with zero attached hydrogens (tertiary/aromatic N) is 4. The van der Waals surface area contributed by atoms with Gasteiger partial charge >= 0.3 is 5.69 Å². The Morgan fingerprint density at radius 1 is 1.28 bits per heavy atom. The molecule has 3 aromatic heterocycles. The summed E-state index contributed by atoms with van der Waals surface area (Å²) in [6.07, 6.45) is 1.69. The number of halogens is 1. The number of nitrogens with one attached hydrogen (secondary N) is 1. The Balaban J connectivity index is 1.76. The van der Waals surface area contributed by atoms with E-state index < -0.39 is 5.69 Å². The van der Waals surface area contributed by atoms with Crippen LogP contribution in [-0.2, 0) is 17.9 Å². The molecule has 0 atom stereocenters. The highest BCUT2D eigenvalue weighted by atomic mass is 79.9. The zero-order valence-electron chi connectivity index (χ0n) is 15.6. The molecule has 0 aliphatic rings. The molecule has 0 bridgehead atoms. The topological polar surface area (TPSA) is 90.4 Å². The molecule has 1 amide bonds. The lowest BCUT2D eigenvalue weighted by molar-refractivity contribution is -0.117. The first kappa shape index (κ1) is 19.6. The molecule has 0 fully saturated rings. The fourth-order valence-corrected chi connectivity index (χ4v) is 4.38. The molecule has 0 radical (unpaired) electrons. The average Bonchev–Trinajstić information content (AvgIpc) is 3.27. The predicted octanol–water partition coefficient (Wildman–Crippen LogP) is 3.07. The van der Waals surface area contributed by atoms with Crippen LogP contribution in [0.2, 0.25) is 0 Å². The van der Waals surface area contributed by atoms with Crippen LogP contribution in [0.5, 0.6) is 0 Å². The van der Waals surface area contributed by atoms with Gasteiger partial charge in [0.05, 0.1) is 5.52 Å². The lowest BCUT2D eigenvalue weighted by Crippen LogP contribution is -2.29. The van der Waals surface area contributed by atoms with Gasteiger partial charge in [-0.3, -0.25) is 14.2 Å². The van der Waals surface area contributed by atoms with E-state index in [1.807, 2.05) is 13.0 Å². The summed E-state index contributed by atoms with van der Waals surface area (Å²) >= 11 is 4.65. The van der Waals surface area contributed by atoms with Crippen molar-refractivity contribution in [1.29, 1.82) is 0 Å². The van der Waals surface area contributed by atoms with Gasteiger partial charge in [0.25, 0.3) is 5.56 Å². The van der Waals surface area contributed by atoms with Crippen molar-refractivity contribution < 1.29 is 4.79 Å². The van der Waals surface area contributed by atoms with E-state index in [2.05, 4.69) is 26.3 Å². The quantitative estimate of drug-likeness (QED) is 0.463. The number of anilines is 1. The standard InChI is InChI=1S/C19H18BrN5O3S/c1-2-3-8-23-17(27)16-14(7-9-29-16)25-18(23)22-24(19(25)28)11-15(26)21-13-6-4-5-12(20)10-13/h4-7,9-10H,2-3,8,11H2,1H3,(H,21,26). The molecule has 0 saturated heterocycles. The van der Waals surface area contributed by atoms with Crippen molar-refractivity contribution in [3.8, 4) is 0 Å². The van der Waals surface area contributed by atoms with Crippen LogP contribution in [0.1, 0.15) is 19.8 Å². The number of carbonyl (C=O) groups excluding carboxylic acids is 1. The van der Waals surface area contributed by atoms with Gasteiger partial charge in [-0.05, 0) is 36.1 Å². The maximum Gasteiger partial charge on any atom is 0.352 e. The smallest absolute Gasteiger partial charge is 0.324 e. The summed E-state index contributed by atoms with van der Waals surface area (Å²) in [6.45, 7) is 2.25. The molecule has 29 heavy (non-hydrogen) atoms. The molecular weight excluding hydrogens is 458 g/mol. The lowest BCUT2D eigenvalue weighted by Gasteiger charge is -2.06. The average molecular weight is 476 g/mol. The van der Waals surface area contributed by atoms with Crippen LogP contribution in [0.3, 0.4) is 0 Å². The summed E-state index contributed by atoms with van der Waals surface area (Å²) in [7, 11) is 0. The number of unbranched alkanes of at least 4 members (excludes halogenated alkanes) is 1. The molecule has 3 heterocycles. The number of amides is 1. The van der Waals surface area contributed by atoms with Gasteiger partial charge in [-0.15, -0.1) is 16.4 Å². The highest BCUT2D eigenvalue weighted by Gasteiger charge is 2.19.